The van der Waals surface area contributed by atoms with Gasteiger partial charge in [0.15, 0.2) is 0 Å². The molecule has 0 aliphatic rings. The van der Waals surface area contributed by atoms with Gasteiger partial charge in [-0.2, -0.15) is 0 Å². The zero-order valence-corrected chi connectivity index (χ0v) is 10.4. The summed E-state index contributed by atoms with van der Waals surface area (Å²) in [6.07, 6.45) is 0. The monoisotopic (exact) mass is 314 g/mol. The minimum Gasteiger partial charge on any atom is -0.412 e. The quantitative estimate of drug-likeness (QED) is 0.253. The third-order valence-electron chi connectivity index (χ3n) is 0. The molecule has 0 saturated carbocycles. The van der Waals surface area contributed by atoms with Crippen molar-refractivity contribution in [2.75, 3.05) is 0 Å². The largest absolute Gasteiger partial charge is 2.00 e. The summed E-state index contributed by atoms with van der Waals surface area (Å²) in [4.78, 5) is 0. The number of rotatable bonds is 0. The third-order valence-corrected chi connectivity index (χ3v) is 0. The molecule has 12 N–H and O–H groups in total. The molecule has 0 aromatic carbocycles. The summed E-state index contributed by atoms with van der Waals surface area (Å²) in [6.45, 7) is 0. The van der Waals surface area contributed by atoms with Crippen LogP contribution in [0.4, 0.5) is 24.6 Å². The van der Waals surface area contributed by atoms with Crippen LogP contribution in [0.1, 0.15) is 0 Å². The molecule has 0 unspecified atom stereocenters. The normalized spacial score (nSPS) is 11.6. The molecule has 0 saturated heterocycles. The molecule has 6 nitrogen and oxygen atoms in total. The molecule has 0 aromatic heterocycles. The van der Waals surface area contributed by atoms with Gasteiger partial charge in [0.25, 0.3) is 0 Å². The molecule has 0 spiro atoms. The minimum absolute atomic E-state index is 0. The summed E-state index contributed by atoms with van der Waals surface area (Å²) in [5.41, 5.74) is 0. The Hall–Kier alpha value is 0.180. The smallest absolute Gasteiger partial charge is 0.412 e. The second kappa shape index (κ2) is 8.49. The molecule has 14 heavy (non-hydrogen) atoms. The molecule has 14 heteroatoms. The Kier molecular flexibility index (Phi) is 39.1. The Bertz CT molecular complexity index is 80.9. The van der Waals surface area contributed by atoms with E-state index >= 15 is 0 Å². The van der Waals surface area contributed by atoms with E-state index in [9.17, 15) is 24.6 Å². The summed E-state index contributed by atoms with van der Waals surface area (Å²) in [5, 5.41) is 0. The summed E-state index contributed by atoms with van der Waals surface area (Å²) in [5.74, 6) is 0. The zero-order valence-electron chi connectivity index (χ0n) is 6.47. The van der Waals surface area contributed by atoms with Gasteiger partial charge in [0.2, 0.25) is 0 Å². The van der Waals surface area contributed by atoms with Crippen molar-refractivity contribution in [2.24, 2.45) is 0 Å². The first-order chi connectivity index (χ1) is 2.45. The maximum atomic E-state index is 9.88. The Morgan fingerprint density at radius 1 is 0.429 bits per heavy atom. The Morgan fingerprint density at radius 3 is 0.429 bits per heavy atom. The fourth-order valence-electron chi connectivity index (χ4n) is 0. The van der Waals surface area contributed by atoms with Crippen molar-refractivity contribution in [3.63, 3.8) is 0 Å². The molecule has 0 atom stereocenters. The van der Waals surface area contributed by atoms with E-state index in [-0.39, 0.29) is 52.3 Å². The van der Waals surface area contributed by atoms with Crippen LogP contribution in [0.25, 0.3) is 0 Å². The van der Waals surface area contributed by atoms with E-state index in [1.807, 2.05) is 0 Å². The van der Waals surface area contributed by atoms with Gasteiger partial charge < -0.3 is 32.9 Å². The van der Waals surface area contributed by atoms with Gasteiger partial charge in [0.1, 0.15) is 0 Å². The van der Waals surface area contributed by atoms with Crippen molar-refractivity contribution in [1.29, 1.82) is 0 Å². The number of hydrogen-bond donors (Lipinski definition) is 0. The summed E-state index contributed by atoms with van der Waals surface area (Å²) >= 11 is 0. The molecule has 0 aliphatic carbocycles. The van der Waals surface area contributed by atoms with Gasteiger partial charge in [-0.15, -0.1) is 0 Å². The van der Waals surface area contributed by atoms with Gasteiger partial charge in [0.05, 0.1) is 0 Å². The summed E-state index contributed by atoms with van der Waals surface area (Å²) in [7, 11) is -10.8. The Balaban J connectivity index is -0.00000000857. The van der Waals surface area contributed by atoms with E-state index in [2.05, 4.69) is 0 Å². The number of halogens is 6. The fraction of sp³-hybridized carbons (Fsp3) is 0. The standard InChI is InChI=1S/F6Si.6H2O.Zn/c1-7(2,3,4,5)6;;;;;;;/h;6*1H2;/q-2;;;;;;;+2. The minimum atomic E-state index is -10.8. The summed E-state index contributed by atoms with van der Waals surface area (Å²) < 4.78 is 59.3. The van der Waals surface area contributed by atoms with E-state index in [0.29, 0.717) is 0 Å². The molecule has 0 bridgehead atoms. The topological polar surface area (TPSA) is 189 Å². The summed E-state index contributed by atoms with van der Waals surface area (Å²) in [6, 6.07) is 0. The SMILES string of the molecule is F[Si-2](F)(F)(F)(F)F.O.O.O.O.O.O.[Zn+2]. The van der Waals surface area contributed by atoms with Crippen LogP contribution in [0, 0.1) is 0 Å². The molecular weight excluding hydrogens is 303 g/mol. The molecule has 0 aliphatic heterocycles. The molecule has 0 radical (unpaired) electrons. The van der Waals surface area contributed by atoms with Crippen molar-refractivity contribution < 1.29 is 77.0 Å². The van der Waals surface area contributed by atoms with Gasteiger partial charge in [0, 0.05) is 0 Å². The van der Waals surface area contributed by atoms with Crippen molar-refractivity contribution in [3.05, 3.63) is 0 Å². The van der Waals surface area contributed by atoms with Crippen LogP contribution < -0.4 is 0 Å². The maximum Gasteiger partial charge on any atom is 2.00 e. The molecule has 0 rings (SSSR count). The molecule has 0 fully saturated rings. The van der Waals surface area contributed by atoms with E-state index in [1.54, 1.807) is 0 Å². The molecule has 0 amide bonds. The van der Waals surface area contributed by atoms with Crippen molar-refractivity contribution in [3.8, 4) is 0 Å². The van der Waals surface area contributed by atoms with Gasteiger partial charge in [-0.1, -0.05) is 0 Å². The van der Waals surface area contributed by atoms with E-state index in [4.69, 9.17) is 0 Å². The molecule has 0 heterocycles. The van der Waals surface area contributed by atoms with E-state index in [1.165, 1.54) is 0 Å². The van der Waals surface area contributed by atoms with Crippen LogP contribution in [0.2, 0.25) is 0 Å². The Morgan fingerprint density at radius 2 is 0.429 bits per heavy atom. The van der Waals surface area contributed by atoms with Crippen molar-refractivity contribution in [1.82, 2.24) is 0 Å². The van der Waals surface area contributed by atoms with Crippen LogP contribution >= 0.6 is 0 Å². The zero-order chi connectivity index (χ0) is 6.41. The average Bonchev–Trinajstić information content (AvgIpc) is 0.592. The van der Waals surface area contributed by atoms with Crippen LogP contribution in [-0.4, -0.2) is 41.5 Å². The number of hydrogen-bond acceptors (Lipinski definition) is 0. The predicted octanol–water partition coefficient (Wildman–Crippen LogP) is -2.81. The third kappa shape index (κ3) is 46900. The van der Waals surface area contributed by atoms with Crippen LogP contribution in [-0.2, 0) is 19.5 Å². The van der Waals surface area contributed by atoms with Crippen LogP contribution in [0.3, 0.4) is 0 Å². The second-order valence-electron chi connectivity index (χ2n) is 1.07. The first-order valence-electron chi connectivity index (χ1n) is 1.13. The predicted molar refractivity (Wildman–Crippen MR) is 34.1 cm³/mol. The van der Waals surface area contributed by atoms with Crippen LogP contribution in [0.15, 0.2) is 0 Å². The van der Waals surface area contributed by atoms with Gasteiger partial charge in [-0.25, -0.2) is 0 Å². The first kappa shape index (κ1) is 64.5. The van der Waals surface area contributed by atoms with E-state index in [0.717, 1.165) is 0 Å². The molecular formula is H12F6O6SiZn. The molecule has 96 valence electrons. The average molecular weight is 316 g/mol. The maximum absolute atomic E-state index is 10.8. The van der Waals surface area contributed by atoms with Gasteiger partial charge in [-0.05, 0) is 0 Å². The first-order valence-corrected chi connectivity index (χ1v) is 3.40. The van der Waals surface area contributed by atoms with Gasteiger partial charge >= 0.3 is 52.8 Å². The second-order valence-corrected chi connectivity index (χ2v) is 3.21. The van der Waals surface area contributed by atoms with Gasteiger partial charge in [-0.3, -0.25) is 0 Å². The van der Waals surface area contributed by atoms with Crippen LogP contribution in [0.5, 0.6) is 0 Å². The van der Waals surface area contributed by atoms with Crippen molar-refractivity contribution in [2.45, 2.75) is 0 Å². The molecule has 0 aromatic rings. The Labute approximate surface area is 86.4 Å². The fourth-order valence-corrected chi connectivity index (χ4v) is 0. The van der Waals surface area contributed by atoms with Crippen molar-refractivity contribution >= 4 is 8.63 Å². The van der Waals surface area contributed by atoms with E-state index < -0.39 is 8.63 Å².